The largest absolute Gasteiger partial charge is 0.506 e. The number of fused-ring (bicyclic) bond motifs is 10. The zero-order valence-electron chi connectivity index (χ0n) is 33.0. The van der Waals surface area contributed by atoms with E-state index in [1.807, 2.05) is 48.5 Å². The minimum atomic E-state index is -0.553. The molecule has 0 radical (unpaired) electrons. The van der Waals surface area contributed by atoms with Gasteiger partial charge in [0.25, 0.3) is 0 Å². The molecule has 7 rings (SSSR count). The molecular weight excluding hydrogens is 992 g/mol. The number of phenols is 4. The molecular formula is C46H48Br4N4O4. The normalized spacial score (nSPS) is 22.9. The van der Waals surface area contributed by atoms with Crippen LogP contribution in [0.15, 0.2) is 86.4 Å². The Morgan fingerprint density at radius 2 is 0.603 bits per heavy atom. The van der Waals surface area contributed by atoms with Crippen LogP contribution in [0.3, 0.4) is 0 Å². The van der Waals surface area contributed by atoms with E-state index in [2.05, 4.69) is 91.4 Å². The monoisotopic (exact) mass is 1040 g/mol. The van der Waals surface area contributed by atoms with Gasteiger partial charge in [0.05, 0.1) is 42.1 Å². The highest BCUT2D eigenvalue weighted by atomic mass is 79.9. The first-order valence-electron chi connectivity index (χ1n) is 19.8. The van der Waals surface area contributed by atoms with Crippen LogP contribution < -0.4 is 0 Å². The second-order valence-electron chi connectivity index (χ2n) is 16.8. The summed E-state index contributed by atoms with van der Waals surface area (Å²) in [6.45, 7) is 8.47. The van der Waals surface area contributed by atoms with Crippen LogP contribution >= 0.6 is 63.7 Å². The van der Waals surface area contributed by atoms with Gasteiger partial charge >= 0.3 is 0 Å². The van der Waals surface area contributed by atoms with Gasteiger partial charge in [-0.05, 0) is 160 Å². The molecule has 0 unspecified atom stereocenters. The van der Waals surface area contributed by atoms with E-state index in [1.54, 1.807) is 24.9 Å². The number of phenolic OH excluding ortho intramolecular Hbond substituents is 4. The molecule has 4 aromatic carbocycles. The Kier molecular flexibility index (Phi) is 12.8. The Bertz CT molecular complexity index is 2030. The summed E-state index contributed by atoms with van der Waals surface area (Å²) in [5.74, 6) is 0.440. The average molecular weight is 1040 g/mol. The van der Waals surface area contributed by atoms with E-state index in [-0.39, 0.29) is 47.2 Å². The molecule has 58 heavy (non-hydrogen) atoms. The summed E-state index contributed by atoms with van der Waals surface area (Å²) in [4.78, 5) is 20.2. The van der Waals surface area contributed by atoms with Crippen molar-refractivity contribution in [3.8, 4) is 23.0 Å². The van der Waals surface area contributed by atoms with Crippen LogP contribution in [0, 0.1) is 0 Å². The quantitative estimate of drug-likeness (QED) is 0.140. The minimum Gasteiger partial charge on any atom is -0.506 e. The Balaban J connectivity index is 1.38. The van der Waals surface area contributed by atoms with E-state index in [4.69, 9.17) is 20.0 Å². The summed E-state index contributed by atoms with van der Waals surface area (Å²) in [6, 6.07) is 15.2. The molecule has 0 saturated heterocycles. The zero-order valence-corrected chi connectivity index (χ0v) is 39.3. The van der Waals surface area contributed by atoms with Crippen molar-refractivity contribution < 1.29 is 20.4 Å². The molecule has 8 nitrogen and oxygen atoms in total. The number of benzene rings is 4. The fourth-order valence-corrected chi connectivity index (χ4v) is 10.1. The Morgan fingerprint density at radius 3 is 0.810 bits per heavy atom. The van der Waals surface area contributed by atoms with Gasteiger partial charge in [-0.3, -0.25) is 20.0 Å². The second-order valence-corrected chi connectivity index (χ2v) is 20.2. The lowest BCUT2D eigenvalue weighted by Crippen LogP contribution is -2.27. The van der Waals surface area contributed by atoms with Crippen LogP contribution in [0.25, 0.3) is 0 Å². The number of nitrogens with zero attached hydrogens (tertiary/aromatic N) is 4. The van der Waals surface area contributed by atoms with Gasteiger partial charge in [-0.2, -0.15) is 0 Å². The predicted octanol–water partition coefficient (Wildman–Crippen LogP) is 12.2. The van der Waals surface area contributed by atoms with Gasteiger partial charge in [-0.1, -0.05) is 53.4 Å². The summed E-state index contributed by atoms with van der Waals surface area (Å²) in [7, 11) is 0. The number of halogens is 4. The number of rotatable bonds is 0. The number of hydrogen-bond donors (Lipinski definition) is 4. The van der Waals surface area contributed by atoms with Gasteiger partial charge in [0.1, 0.15) is 23.0 Å². The van der Waals surface area contributed by atoms with Crippen molar-refractivity contribution in [3.63, 3.8) is 0 Å². The molecule has 4 aromatic rings. The maximum atomic E-state index is 11.2. The summed E-state index contributed by atoms with van der Waals surface area (Å²) in [6.07, 6.45) is 14.5. The number of aliphatic imine (C=N–C) groups is 4. The van der Waals surface area contributed by atoms with Crippen molar-refractivity contribution in [2.24, 2.45) is 20.0 Å². The van der Waals surface area contributed by atoms with E-state index >= 15 is 0 Å². The summed E-state index contributed by atoms with van der Waals surface area (Å²) >= 11 is 14.4. The molecule has 1 aliphatic heterocycles. The lowest BCUT2D eigenvalue weighted by Gasteiger charge is -2.29. The second kappa shape index (κ2) is 17.3. The van der Waals surface area contributed by atoms with Crippen LogP contribution in [-0.2, 0) is 10.8 Å². The van der Waals surface area contributed by atoms with Crippen molar-refractivity contribution in [3.05, 3.63) is 111 Å². The Morgan fingerprint density at radius 1 is 0.397 bits per heavy atom. The van der Waals surface area contributed by atoms with E-state index in [0.29, 0.717) is 40.1 Å². The highest BCUT2D eigenvalue weighted by Crippen LogP contribution is 2.43. The van der Waals surface area contributed by atoms with Crippen LogP contribution in [-0.4, -0.2) is 69.5 Å². The average Bonchev–Trinajstić information content (AvgIpc) is 3.19. The fraction of sp³-hybridized carbons (Fsp3) is 0.391. The molecule has 0 amide bonds. The van der Waals surface area contributed by atoms with Gasteiger partial charge < -0.3 is 20.4 Å². The smallest absolute Gasteiger partial charge is 0.138 e. The summed E-state index contributed by atoms with van der Waals surface area (Å²) < 4.78 is 2.24. The number of aromatic hydroxyl groups is 4. The summed E-state index contributed by atoms with van der Waals surface area (Å²) in [5.41, 5.74) is 5.06. The topological polar surface area (TPSA) is 130 Å². The standard InChI is InChI=1S/C46H48Br4N4O4/c1-45(2)29-13-25(41(55)33(47)17-29)21-51-37-9-5-7-11-39(37)53-23-27-15-31(19-35(49)43(27)57)46(3,4)32-16-28(44(58)36(50)20-32)24-54-40-12-8-6-10-38(40)52-22-26-14-30(45)18-34(48)42(26)56/h13-24,37-40,55-58H,5-12H2,1-4H3/t37-,38-,39-,40-/m0/s1. The van der Waals surface area contributed by atoms with Gasteiger partial charge in [0.15, 0.2) is 0 Å². The lowest BCUT2D eigenvalue weighted by atomic mass is 9.77. The van der Waals surface area contributed by atoms with E-state index < -0.39 is 10.8 Å². The van der Waals surface area contributed by atoms with Gasteiger partial charge in [0.2, 0.25) is 0 Å². The van der Waals surface area contributed by atoms with Crippen LogP contribution in [0.5, 0.6) is 23.0 Å². The highest BCUT2D eigenvalue weighted by molar-refractivity contribution is 9.11. The van der Waals surface area contributed by atoms with E-state index in [0.717, 1.165) is 73.6 Å². The molecule has 2 saturated carbocycles. The lowest BCUT2D eigenvalue weighted by molar-refractivity contribution is 0.390. The van der Waals surface area contributed by atoms with E-state index in [1.165, 1.54) is 0 Å². The molecule has 2 fully saturated rings. The van der Waals surface area contributed by atoms with Crippen LogP contribution in [0.2, 0.25) is 0 Å². The highest BCUT2D eigenvalue weighted by Gasteiger charge is 2.31. The molecule has 4 atom stereocenters. The maximum absolute atomic E-state index is 11.2. The molecule has 0 aromatic heterocycles. The Labute approximate surface area is 374 Å². The molecule has 8 bridgehead atoms. The molecule has 304 valence electrons. The molecule has 1 heterocycles. The molecule has 3 aliphatic rings. The Hall–Kier alpha value is -3.32. The maximum Gasteiger partial charge on any atom is 0.138 e. The first-order chi connectivity index (χ1) is 27.5. The SMILES string of the molecule is CC1(C)c2cc(Br)c(O)c(c2)C=N[C@H]2CCCC[C@@H]2N=Cc2cc(cc(Br)c2O)C(C)(C)c2cc(Br)c(O)c(c2)C=N[C@H]2CCCC[C@@H]2N=Cc2cc1cc(Br)c2O. The summed E-state index contributed by atoms with van der Waals surface area (Å²) in [5, 5.41) is 45.0. The van der Waals surface area contributed by atoms with Crippen molar-refractivity contribution in [1.29, 1.82) is 0 Å². The van der Waals surface area contributed by atoms with Crippen LogP contribution in [0.1, 0.15) is 124 Å². The van der Waals surface area contributed by atoms with Gasteiger partial charge in [-0.25, -0.2) is 0 Å². The zero-order chi connectivity index (χ0) is 41.5. The third-order valence-corrected chi connectivity index (χ3v) is 14.7. The van der Waals surface area contributed by atoms with Gasteiger partial charge in [0, 0.05) is 57.9 Å². The van der Waals surface area contributed by atoms with Crippen molar-refractivity contribution in [1.82, 2.24) is 0 Å². The molecule has 12 heteroatoms. The van der Waals surface area contributed by atoms with Crippen molar-refractivity contribution in [2.45, 2.75) is 114 Å². The molecule has 0 spiro atoms. The van der Waals surface area contributed by atoms with Crippen LogP contribution in [0.4, 0.5) is 0 Å². The number of hydrogen-bond acceptors (Lipinski definition) is 8. The van der Waals surface area contributed by atoms with Crippen molar-refractivity contribution >= 4 is 88.6 Å². The first kappa shape index (κ1) is 42.8. The third kappa shape index (κ3) is 8.77. The van der Waals surface area contributed by atoms with Gasteiger partial charge in [-0.15, -0.1) is 0 Å². The third-order valence-electron chi connectivity index (χ3n) is 12.3. The minimum absolute atomic E-state index is 0.110. The predicted molar refractivity (Wildman–Crippen MR) is 250 cm³/mol. The molecule has 2 aliphatic carbocycles. The van der Waals surface area contributed by atoms with E-state index in [9.17, 15) is 20.4 Å². The van der Waals surface area contributed by atoms with Crippen molar-refractivity contribution in [2.75, 3.05) is 0 Å². The molecule has 4 N–H and O–H groups in total. The fourth-order valence-electron chi connectivity index (χ4n) is 8.23. The first-order valence-corrected chi connectivity index (χ1v) is 23.0.